The molecule has 4 aliphatic carbocycles. The van der Waals surface area contributed by atoms with Gasteiger partial charge in [0.05, 0.1) is 35.8 Å². The van der Waals surface area contributed by atoms with E-state index in [9.17, 15) is 28.8 Å². The third-order valence-electron chi connectivity index (χ3n) is 8.81. The van der Waals surface area contributed by atoms with Crippen LogP contribution in [0.5, 0.6) is 0 Å². The summed E-state index contributed by atoms with van der Waals surface area (Å²) in [6, 6.07) is 5.82. The Kier molecular flexibility index (Phi) is 12.1. The number of carbonyl (C=O) groups excluding carboxylic acids is 4. The number of hydrogen-bond acceptors (Lipinski definition) is 10. The van der Waals surface area contributed by atoms with Gasteiger partial charge in [-0.15, -0.1) is 0 Å². The first kappa shape index (κ1) is 34.4. The van der Waals surface area contributed by atoms with E-state index in [1.54, 1.807) is 6.07 Å². The molecule has 12 heteroatoms. The lowest BCUT2D eigenvalue weighted by Gasteiger charge is -2.21. The molecule has 2 N–H and O–H groups in total. The van der Waals surface area contributed by atoms with Crippen LogP contribution in [0.25, 0.3) is 0 Å². The van der Waals surface area contributed by atoms with Crippen molar-refractivity contribution < 1.29 is 57.9 Å². The maximum atomic E-state index is 12.2. The summed E-state index contributed by atoms with van der Waals surface area (Å²) in [7, 11) is 0. The first-order valence-electron chi connectivity index (χ1n) is 15.7. The van der Waals surface area contributed by atoms with Crippen molar-refractivity contribution in [3.05, 3.63) is 59.7 Å². The second-order valence-electron chi connectivity index (χ2n) is 12.0. The molecule has 4 aliphatic rings. The fourth-order valence-electron chi connectivity index (χ4n) is 6.37. The summed E-state index contributed by atoms with van der Waals surface area (Å²) in [6.07, 6.45) is 11.8. The normalized spacial score (nSPS) is 25.2. The molecule has 5 rings (SSSR count). The maximum absolute atomic E-state index is 12.2. The summed E-state index contributed by atoms with van der Waals surface area (Å²) in [4.78, 5) is 69.0. The highest BCUT2D eigenvalue weighted by atomic mass is 16.6. The summed E-state index contributed by atoms with van der Waals surface area (Å²) >= 11 is 0. The zero-order valence-corrected chi connectivity index (χ0v) is 25.7. The molecular weight excluding hydrogens is 600 g/mol. The highest BCUT2D eigenvalue weighted by Crippen LogP contribution is 2.44. The zero-order chi connectivity index (χ0) is 33.2. The summed E-state index contributed by atoms with van der Waals surface area (Å²) < 4.78 is 20.6. The van der Waals surface area contributed by atoms with Crippen LogP contribution in [0, 0.1) is 35.5 Å². The number of carbonyl (C=O) groups is 6. The number of hydrogen-bond donors (Lipinski definition) is 2. The van der Waals surface area contributed by atoms with E-state index >= 15 is 0 Å². The Hall–Kier alpha value is -4.48. The van der Waals surface area contributed by atoms with Crippen molar-refractivity contribution in [3.8, 4) is 0 Å². The third-order valence-corrected chi connectivity index (χ3v) is 8.81. The number of carboxylic acid groups (broad SMARTS) is 2. The predicted octanol–water partition coefficient (Wildman–Crippen LogP) is 4.23. The zero-order valence-electron chi connectivity index (χ0n) is 25.7. The van der Waals surface area contributed by atoms with Crippen molar-refractivity contribution in [1.82, 2.24) is 0 Å². The number of allylic oxidation sites excluding steroid dienone is 4. The number of esters is 4. The highest BCUT2D eigenvalue weighted by molar-refractivity contribution is 6.02. The van der Waals surface area contributed by atoms with Gasteiger partial charge in [0.15, 0.2) is 0 Å². The summed E-state index contributed by atoms with van der Waals surface area (Å²) in [6.45, 7) is 1.70. The van der Waals surface area contributed by atoms with Gasteiger partial charge >= 0.3 is 35.8 Å². The standard InChI is InChI=1S/C18H18O6.C16H22O6/c19-16(20)13-3-1-2-4-14(13)17(21)23-7-8-24-18(22)15-10-11-5-6-12(15)9-11;1-2-12(9-21-15(19)6-5-14(17)18)22-16(20)13-8-10-3-4-11(13)7-10/h1-6,11-12,15H,7-10H2,(H,19,20);3-4,10-13H,2,5-9H2,1H3,(H,17,18). The second kappa shape index (κ2) is 16.2. The van der Waals surface area contributed by atoms with Crippen molar-refractivity contribution in [2.24, 2.45) is 35.5 Å². The molecule has 1 aromatic rings. The minimum Gasteiger partial charge on any atom is -0.481 e. The topological polar surface area (TPSA) is 180 Å². The van der Waals surface area contributed by atoms with Crippen LogP contribution in [0.4, 0.5) is 0 Å². The average Bonchev–Trinajstić information content (AvgIpc) is 3.87. The molecule has 7 unspecified atom stereocenters. The number of carboxylic acids is 2. The minimum absolute atomic E-state index is 0.0165. The maximum Gasteiger partial charge on any atom is 0.339 e. The van der Waals surface area contributed by atoms with Crippen molar-refractivity contribution in [2.75, 3.05) is 19.8 Å². The number of benzene rings is 1. The fraction of sp³-hybridized carbons (Fsp3) is 0.529. The van der Waals surface area contributed by atoms with Crippen LogP contribution < -0.4 is 0 Å². The molecule has 2 saturated carbocycles. The van der Waals surface area contributed by atoms with Gasteiger partial charge in [-0.05, 0) is 67.9 Å². The Morgan fingerprint density at radius 3 is 1.85 bits per heavy atom. The van der Waals surface area contributed by atoms with E-state index < -0.39 is 30.0 Å². The molecule has 0 spiro atoms. The Morgan fingerprint density at radius 1 is 0.739 bits per heavy atom. The van der Waals surface area contributed by atoms with Crippen molar-refractivity contribution >= 4 is 35.8 Å². The van der Waals surface area contributed by atoms with E-state index in [0.29, 0.717) is 18.3 Å². The van der Waals surface area contributed by atoms with E-state index in [-0.39, 0.29) is 79.4 Å². The molecule has 0 saturated heterocycles. The largest absolute Gasteiger partial charge is 0.481 e. The molecule has 7 atom stereocenters. The van der Waals surface area contributed by atoms with Gasteiger partial charge in [0.2, 0.25) is 0 Å². The van der Waals surface area contributed by atoms with Gasteiger partial charge in [-0.25, -0.2) is 9.59 Å². The number of ether oxygens (including phenoxy) is 4. The second-order valence-corrected chi connectivity index (χ2v) is 12.0. The van der Waals surface area contributed by atoms with Crippen LogP contribution in [0.15, 0.2) is 48.6 Å². The van der Waals surface area contributed by atoms with Gasteiger partial charge in [-0.1, -0.05) is 43.4 Å². The Balaban J connectivity index is 0.000000210. The van der Waals surface area contributed by atoms with Gasteiger partial charge < -0.3 is 29.2 Å². The van der Waals surface area contributed by atoms with Gasteiger partial charge in [-0.3, -0.25) is 19.2 Å². The molecule has 0 amide bonds. The number of aromatic carboxylic acids is 1. The summed E-state index contributed by atoms with van der Waals surface area (Å²) in [5, 5.41) is 17.5. The van der Waals surface area contributed by atoms with Gasteiger partial charge in [0.1, 0.15) is 25.9 Å². The van der Waals surface area contributed by atoms with E-state index in [1.165, 1.54) is 18.2 Å². The van der Waals surface area contributed by atoms with Crippen LogP contribution in [-0.2, 0) is 38.1 Å². The lowest BCUT2D eigenvalue weighted by molar-refractivity contribution is -0.163. The number of fused-ring (bicyclic) bond motifs is 4. The minimum atomic E-state index is -1.20. The summed E-state index contributed by atoms with van der Waals surface area (Å²) in [5.41, 5.74) is -0.136. The predicted molar refractivity (Wildman–Crippen MR) is 160 cm³/mol. The highest BCUT2D eigenvalue weighted by Gasteiger charge is 2.42. The van der Waals surface area contributed by atoms with Crippen LogP contribution in [0.2, 0.25) is 0 Å². The average molecular weight is 641 g/mol. The van der Waals surface area contributed by atoms with E-state index in [4.69, 9.17) is 29.2 Å². The molecule has 248 valence electrons. The van der Waals surface area contributed by atoms with Crippen LogP contribution >= 0.6 is 0 Å². The first-order valence-corrected chi connectivity index (χ1v) is 15.7. The third kappa shape index (κ3) is 9.27. The molecule has 46 heavy (non-hydrogen) atoms. The van der Waals surface area contributed by atoms with Gasteiger partial charge in [0.25, 0.3) is 0 Å². The molecule has 1 aromatic carbocycles. The molecule has 0 aliphatic heterocycles. The first-order chi connectivity index (χ1) is 22.0. The lowest BCUT2D eigenvalue weighted by Crippen LogP contribution is -2.30. The fourth-order valence-corrected chi connectivity index (χ4v) is 6.37. The number of aliphatic carboxylic acids is 1. The molecule has 4 bridgehead atoms. The lowest BCUT2D eigenvalue weighted by atomic mass is 9.94. The Bertz CT molecular complexity index is 1360. The van der Waals surface area contributed by atoms with E-state index in [2.05, 4.69) is 24.3 Å². The van der Waals surface area contributed by atoms with Gasteiger partial charge in [-0.2, -0.15) is 0 Å². The van der Waals surface area contributed by atoms with Crippen LogP contribution in [0.1, 0.15) is 72.6 Å². The molecular formula is C34H40O12. The number of rotatable bonds is 14. The van der Waals surface area contributed by atoms with Crippen molar-refractivity contribution in [3.63, 3.8) is 0 Å². The molecule has 0 radical (unpaired) electrons. The van der Waals surface area contributed by atoms with Crippen molar-refractivity contribution in [2.45, 2.75) is 58.0 Å². The van der Waals surface area contributed by atoms with Crippen LogP contribution in [-0.4, -0.2) is 72.0 Å². The van der Waals surface area contributed by atoms with Gasteiger partial charge in [0, 0.05) is 0 Å². The quantitative estimate of drug-likeness (QED) is 0.128. The van der Waals surface area contributed by atoms with E-state index in [0.717, 1.165) is 25.7 Å². The molecule has 0 aromatic heterocycles. The monoisotopic (exact) mass is 640 g/mol. The van der Waals surface area contributed by atoms with E-state index in [1.807, 2.05) is 6.92 Å². The Morgan fingerprint density at radius 2 is 1.33 bits per heavy atom. The summed E-state index contributed by atoms with van der Waals surface area (Å²) in [5.74, 6) is -2.67. The SMILES string of the molecule is CCC(COC(=O)CCC(=O)O)OC(=O)C1CC2C=CC1C2.O=C(O)c1ccccc1C(=O)OCCOC(=O)C1CC2C=CC1C2. The molecule has 2 fully saturated rings. The van der Waals surface area contributed by atoms with Crippen LogP contribution in [0.3, 0.4) is 0 Å². The molecule has 12 nitrogen and oxygen atoms in total. The smallest absolute Gasteiger partial charge is 0.339 e. The Labute approximate surface area is 266 Å². The molecule has 0 heterocycles. The van der Waals surface area contributed by atoms with Crippen molar-refractivity contribution in [1.29, 1.82) is 0 Å².